The van der Waals surface area contributed by atoms with Crippen LogP contribution < -0.4 is 11.5 Å². The molecule has 23 nitrogen and oxygen atoms in total. The number of anilines is 1. The van der Waals surface area contributed by atoms with Gasteiger partial charge in [0.25, 0.3) is 0 Å². The molecule has 298 valence electrons. The highest BCUT2D eigenvalue weighted by molar-refractivity contribution is 7.61. The van der Waals surface area contributed by atoms with E-state index < -0.39 is 95.5 Å². The Bertz CT molecular complexity index is 2090. The van der Waals surface area contributed by atoms with Gasteiger partial charge in [0, 0.05) is 35.4 Å². The Morgan fingerprint density at radius 3 is 2.20 bits per heavy atom. The number of phosphoric acid groups is 2. The molecule has 0 bridgehead atoms. The maximum atomic E-state index is 13.4. The highest BCUT2D eigenvalue weighted by Crippen LogP contribution is 2.60. The molecule has 0 aromatic carbocycles. The summed E-state index contributed by atoms with van der Waals surface area (Å²) in [6.07, 6.45) is -3.38. The van der Waals surface area contributed by atoms with Gasteiger partial charge in [0.05, 0.1) is 25.5 Å². The topological polar surface area (TPSA) is 348 Å². The standard InChI is InChI=1S/C30H38N8O15P2/c1-2-3-15-8-14(4-6-33-15)21(39)16-5-7-37(9-17(16)27(32)44)29-24(42)22(40)18(51-29)10-49-54(45,46)53-55(47,48)50-11-19-23(41)25(43)30(52-19)38-13-36-20-26(31)34-12-35-28(20)38/h4-9,12-13,16,18-19,22-25,29-30,40-43H,2-3,10-11H2,1H3,(H2,32,44)(H,45,46)(H,47,48)(H2,31,34,35)/t16-,18+,19+,22+,23+,24+,25+,29+,30+/m0/s1. The second kappa shape index (κ2) is 16.2. The number of aryl methyl sites for hydroxylation is 1. The third-order valence-electron chi connectivity index (χ3n) is 8.89. The number of Topliss-reactive ketones (excluding diaryl/α,β-unsaturated/α-hetero) is 1. The summed E-state index contributed by atoms with van der Waals surface area (Å²) >= 11 is 0. The lowest BCUT2D eigenvalue weighted by molar-refractivity contribution is -0.115. The van der Waals surface area contributed by atoms with Crippen LogP contribution in [0.15, 0.2) is 55.0 Å². The summed E-state index contributed by atoms with van der Waals surface area (Å²) in [7, 11) is -10.9. The van der Waals surface area contributed by atoms with Crippen molar-refractivity contribution in [2.75, 3.05) is 18.9 Å². The molecule has 2 saturated heterocycles. The van der Waals surface area contributed by atoms with Gasteiger partial charge in [-0.05, 0) is 18.6 Å². The normalized spacial score (nSPS) is 30.3. The van der Waals surface area contributed by atoms with Gasteiger partial charge in [0.15, 0.2) is 29.7 Å². The van der Waals surface area contributed by atoms with E-state index in [0.717, 1.165) is 23.8 Å². The van der Waals surface area contributed by atoms with Crippen LogP contribution in [0.4, 0.5) is 5.82 Å². The Morgan fingerprint density at radius 1 is 0.927 bits per heavy atom. The summed E-state index contributed by atoms with van der Waals surface area (Å²) < 4.78 is 51.6. The van der Waals surface area contributed by atoms with Crippen LogP contribution in [0.25, 0.3) is 11.2 Å². The molecule has 0 saturated carbocycles. The fourth-order valence-electron chi connectivity index (χ4n) is 6.16. The summed E-state index contributed by atoms with van der Waals surface area (Å²) in [4.78, 5) is 63.4. The number of ketones is 1. The van der Waals surface area contributed by atoms with Gasteiger partial charge in [-0.25, -0.2) is 24.1 Å². The van der Waals surface area contributed by atoms with E-state index >= 15 is 0 Å². The predicted molar refractivity (Wildman–Crippen MR) is 183 cm³/mol. The molecule has 25 heteroatoms. The Kier molecular flexibility index (Phi) is 12.0. The highest BCUT2D eigenvalue weighted by atomic mass is 31.3. The van der Waals surface area contributed by atoms with Crippen molar-refractivity contribution in [2.24, 2.45) is 11.7 Å². The zero-order valence-electron chi connectivity index (χ0n) is 28.7. The SMILES string of the molecule is CCCc1cc(C(=O)[C@H]2C=CN([C@@H]3O[C@H](COP(=O)(O)OP(=O)(O)OC[C@H]4O[C@@H](n5cnc6c(N)ncnc65)[C@H](O)[C@@H]4O)[C@@H](O)[C@H]3O)C=C2C(N)=O)ccn1. The number of hydrogen-bond acceptors (Lipinski definition) is 19. The van der Waals surface area contributed by atoms with Gasteiger partial charge in [-0.15, -0.1) is 0 Å². The van der Waals surface area contributed by atoms with Gasteiger partial charge in [-0.2, -0.15) is 4.31 Å². The average Bonchev–Trinajstić information content (AvgIpc) is 3.79. The number of fused-ring (bicyclic) bond motifs is 1. The molecule has 3 aliphatic heterocycles. The first kappa shape index (κ1) is 40.6. The molecule has 3 aliphatic rings. The van der Waals surface area contributed by atoms with Crippen molar-refractivity contribution in [1.82, 2.24) is 29.4 Å². The number of amides is 1. The van der Waals surface area contributed by atoms with Gasteiger partial charge in [0.1, 0.15) is 48.5 Å². The van der Waals surface area contributed by atoms with E-state index in [0.29, 0.717) is 17.7 Å². The zero-order valence-corrected chi connectivity index (χ0v) is 30.5. The molecular formula is C30H38N8O15P2. The number of allylic oxidation sites excluding steroid dienone is 1. The molecule has 0 radical (unpaired) electrons. The average molecular weight is 813 g/mol. The van der Waals surface area contributed by atoms with Crippen LogP contribution in [0, 0.1) is 5.92 Å². The molecule has 55 heavy (non-hydrogen) atoms. The van der Waals surface area contributed by atoms with Crippen LogP contribution in [0.1, 0.15) is 35.6 Å². The molecule has 6 rings (SSSR count). The number of ether oxygens (including phenoxy) is 2. The van der Waals surface area contributed by atoms with Crippen molar-refractivity contribution in [3.05, 3.63) is 66.3 Å². The van der Waals surface area contributed by atoms with Crippen molar-refractivity contribution in [2.45, 2.75) is 68.8 Å². The van der Waals surface area contributed by atoms with Crippen LogP contribution >= 0.6 is 15.6 Å². The highest BCUT2D eigenvalue weighted by Gasteiger charge is 2.49. The number of primary amides is 1. The number of nitrogen functional groups attached to an aromatic ring is 1. The summed E-state index contributed by atoms with van der Waals surface area (Å²) in [5.41, 5.74) is 12.5. The number of imidazole rings is 1. The van der Waals surface area contributed by atoms with Gasteiger partial charge in [-0.3, -0.25) is 28.2 Å². The first-order valence-corrected chi connectivity index (χ1v) is 19.6. The van der Waals surface area contributed by atoms with Crippen molar-refractivity contribution in [1.29, 1.82) is 0 Å². The van der Waals surface area contributed by atoms with E-state index in [-0.39, 0.29) is 22.6 Å². The number of aromatic nitrogens is 5. The maximum Gasteiger partial charge on any atom is 0.481 e. The summed E-state index contributed by atoms with van der Waals surface area (Å²) in [6.45, 7) is 0.0596. The van der Waals surface area contributed by atoms with Gasteiger partial charge in [-0.1, -0.05) is 19.4 Å². The van der Waals surface area contributed by atoms with Crippen LogP contribution in [0.5, 0.6) is 0 Å². The number of pyridine rings is 1. The number of carbonyl (C=O) groups is 2. The predicted octanol–water partition coefficient (Wildman–Crippen LogP) is -1.23. The van der Waals surface area contributed by atoms with Gasteiger partial charge < -0.3 is 56.1 Å². The first-order valence-electron chi connectivity index (χ1n) is 16.6. The number of aliphatic hydroxyl groups is 4. The molecule has 1 amide bonds. The molecule has 2 fully saturated rings. The molecule has 0 spiro atoms. The molecule has 2 unspecified atom stereocenters. The number of hydrogen-bond donors (Lipinski definition) is 8. The quantitative estimate of drug-likeness (QED) is 0.0658. The lowest BCUT2D eigenvalue weighted by Crippen LogP contribution is -2.41. The van der Waals surface area contributed by atoms with E-state index in [1.54, 1.807) is 6.07 Å². The fraction of sp³-hybridized carbons (Fsp3) is 0.467. The third kappa shape index (κ3) is 8.69. The lowest BCUT2D eigenvalue weighted by atomic mass is 9.88. The lowest BCUT2D eigenvalue weighted by Gasteiger charge is -2.31. The monoisotopic (exact) mass is 812 g/mol. The van der Waals surface area contributed by atoms with E-state index in [4.69, 9.17) is 30.0 Å². The summed E-state index contributed by atoms with van der Waals surface area (Å²) in [5, 5.41) is 42.5. The van der Waals surface area contributed by atoms with E-state index in [9.17, 15) is 48.9 Å². The van der Waals surface area contributed by atoms with E-state index in [1.165, 1.54) is 35.4 Å². The van der Waals surface area contributed by atoms with Crippen LogP contribution in [0.3, 0.4) is 0 Å². The minimum atomic E-state index is -5.46. The Balaban J connectivity index is 1.03. The minimum Gasteiger partial charge on any atom is -0.387 e. The largest absolute Gasteiger partial charge is 0.481 e. The van der Waals surface area contributed by atoms with E-state index in [1.807, 2.05) is 6.92 Å². The smallest absolute Gasteiger partial charge is 0.387 e. The molecule has 0 aliphatic carbocycles. The molecule has 3 aromatic heterocycles. The number of nitrogens with two attached hydrogens (primary N) is 2. The molecule has 6 heterocycles. The Hall–Kier alpha value is -4.06. The van der Waals surface area contributed by atoms with Crippen molar-refractivity contribution in [3.63, 3.8) is 0 Å². The number of phosphoric ester groups is 2. The second-order valence-corrected chi connectivity index (χ2v) is 15.7. The Labute approximate surface area is 311 Å². The maximum absolute atomic E-state index is 13.4. The molecule has 10 N–H and O–H groups in total. The molecule has 3 aromatic rings. The first-order chi connectivity index (χ1) is 26.0. The minimum absolute atomic E-state index is 0.0383. The number of aliphatic hydroxyl groups excluding tert-OH is 4. The number of carbonyl (C=O) groups excluding carboxylic acids is 2. The van der Waals surface area contributed by atoms with Gasteiger partial charge >= 0.3 is 15.6 Å². The Morgan fingerprint density at radius 2 is 1.56 bits per heavy atom. The van der Waals surface area contributed by atoms with Crippen LogP contribution in [0.2, 0.25) is 0 Å². The second-order valence-electron chi connectivity index (χ2n) is 12.7. The number of rotatable bonds is 15. The molecule has 11 atom stereocenters. The fourth-order valence-corrected chi connectivity index (χ4v) is 8.25. The van der Waals surface area contributed by atoms with Gasteiger partial charge in [0.2, 0.25) is 5.91 Å². The van der Waals surface area contributed by atoms with Crippen molar-refractivity contribution >= 4 is 44.3 Å². The third-order valence-corrected chi connectivity index (χ3v) is 11.5. The van der Waals surface area contributed by atoms with E-state index in [2.05, 4.69) is 24.2 Å². The summed E-state index contributed by atoms with van der Waals surface area (Å²) in [6, 6.07) is 3.12. The van der Waals surface area contributed by atoms with Crippen molar-refractivity contribution < 1.29 is 71.8 Å². The van der Waals surface area contributed by atoms with Crippen LogP contribution in [-0.4, -0.2) is 127 Å². The summed E-state index contributed by atoms with van der Waals surface area (Å²) in [5.74, 6) is -2.45. The zero-order chi connectivity index (χ0) is 39.8. The van der Waals surface area contributed by atoms with Crippen LogP contribution in [-0.2, 0) is 43.2 Å². The molecular weight excluding hydrogens is 774 g/mol. The number of nitrogens with zero attached hydrogens (tertiary/aromatic N) is 6. The van der Waals surface area contributed by atoms with Crippen molar-refractivity contribution in [3.8, 4) is 0 Å².